The highest BCUT2D eigenvalue weighted by molar-refractivity contribution is 5.66. The van der Waals surface area contributed by atoms with Crippen molar-refractivity contribution in [1.29, 1.82) is 0 Å². The van der Waals surface area contributed by atoms with E-state index in [-0.39, 0.29) is 11.9 Å². The zero-order valence-electron chi connectivity index (χ0n) is 10.8. The molecule has 0 radical (unpaired) electrons. The summed E-state index contributed by atoms with van der Waals surface area (Å²) >= 11 is 0. The highest BCUT2D eigenvalue weighted by Crippen LogP contribution is 2.36. The van der Waals surface area contributed by atoms with Crippen LogP contribution < -0.4 is 0 Å². The fourth-order valence-electron chi connectivity index (χ4n) is 2.56. The van der Waals surface area contributed by atoms with Crippen molar-refractivity contribution < 1.29 is 14.6 Å². The number of aliphatic hydroxyl groups is 1. The maximum atomic E-state index is 11.3. The zero-order chi connectivity index (χ0) is 12.9. The van der Waals surface area contributed by atoms with Crippen LogP contribution in [0.5, 0.6) is 0 Å². The monoisotopic (exact) mass is 238 g/mol. The molecule has 3 nitrogen and oxygen atoms in total. The highest BCUT2D eigenvalue weighted by atomic mass is 16.6. The van der Waals surface area contributed by atoms with Crippen molar-refractivity contribution in [2.45, 2.75) is 51.7 Å². The Morgan fingerprint density at radius 1 is 1.35 bits per heavy atom. The van der Waals surface area contributed by atoms with Crippen molar-refractivity contribution in [3.63, 3.8) is 0 Å². The predicted octanol–water partition coefficient (Wildman–Crippen LogP) is 2.60. The maximum absolute atomic E-state index is 11.3. The molecule has 0 heterocycles. The molecule has 0 amide bonds. The van der Waals surface area contributed by atoms with E-state index in [4.69, 9.17) is 4.74 Å². The average molecular weight is 238 g/mol. The Balaban J connectivity index is 2.98. The summed E-state index contributed by atoms with van der Waals surface area (Å²) in [5.74, 6) is -0.434. The zero-order valence-corrected chi connectivity index (χ0v) is 10.8. The van der Waals surface area contributed by atoms with Gasteiger partial charge in [0.1, 0.15) is 5.60 Å². The average Bonchev–Trinajstić information content (AvgIpc) is 2.28. The second kappa shape index (κ2) is 6.01. The molecule has 1 aliphatic carbocycles. The van der Waals surface area contributed by atoms with E-state index < -0.39 is 11.7 Å². The molecule has 1 N–H and O–H groups in total. The molecule has 0 aliphatic heterocycles. The summed E-state index contributed by atoms with van der Waals surface area (Å²) in [6.45, 7) is 5.48. The molecule has 0 spiro atoms. The Kier molecular flexibility index (Phi) is 4.94. The molecule has 0 aromatic heterocycles. The first-order valence-electron chi connectivity index (χ1n) is 6.28. The lowest BCUT2D eigenvalue weighted by Crippen LogP contribution is -2.46. The number of hydrogen-bond acceptors (Lipinski definition) is 3. The van der Waals surface area contributed by atoms with Gasteiger partial charge in [0.2, 0.25) is 0 Å². The molecular weight excluding hydrogens is 216 g/mol. The molecule has 0 aromatic rings. The van der Waals surface area contributed by atoms with Gasteiger partial charge in [0.05, 0.1) is 6.10 Å². The molecule has 17 heavy (non-hydrogen) atoms. The first kappa shape index (κ1) is 14.0. The molecule has 0 fully saturated rings. The van der Waals surface area contributed by atoms with Gasteiger partial charge in [-0.1, -0.05) is 44.6 Å². The maximum Gasteiger partial charge on any atom is 0.303 e. The van der Waals surface area contributed by atoms with E-state index in [1.54, 1.807) is 6.08 Å². The number of esters is 1. The van der Waals surface area contributed by atoms with Gasteiger partial charge in [0, 0.05) is 12.8 Å². The topological polar surface area (TPSA) is 46.5 Å². The smallest absolute Gasteiger partial charge is 0.303 e. The molecule has 0 aromatic carbocycles. The van der Waals surface area contributed by atoms with Gasteiger partial charge in [-0.2, -0.15) is 0 Å². The largest absolute Gasteiger partial charge is 0.459 e. The van der Waals surface area contributed by atoms with Gasteiger partial charge < -0.3 is 9.84 Å². The summed E-state index contributed by atoms with van der Waals surface area (Å²) in [4.78, 5) is 11.3. The van der Waals surface area contributed by atoms with E-state index in [1.807, 2.05) is 25.2 Å². The fourth-order valence-corrected chi connectivity index (χ4v) is 2.56. The quantitative estimate of drug-likeness (QED) is 0.749. The van der Waals surface area contributed by atoms with Gasteiger partial charge in [0.25, 0.3) is 0 Å². The molecule has 0 bridgehead atoms. The summed E-state index contributed by atoms with van der Waals surface area (Å²) < 4.78 is 5.55. The first-order valence-corrected chi connectivity index (χ1v) is 6.28. The van der Waals surface area contributed by atoms with E-state index in [0.717, 1.165) is 12.8 Å². The minimum absolute atomic E-state index is 0.152. The van der Waals surface area contributed by atoms with E-state index in [2.05, 4.69) is 6.92 Å². The SMILES string of the molecule is CCCC(CC)(OC(C)=O)C1C=CC=CC1O. The molecule has 1 aliphatic rings. The van der Waals surface area contributed by atoms with Crippen molar-refractivity contribution in [1.82, 2.24) is 0 Å². The lowest BCUT2D eigenvalue weighted by atomic mass is 9.76. The van der Waals surface area contributed by atoms with Gasteiger partial charge in [-0.05, 0) is 12.8 Å². The molecule has 0 saturated heterocycles. The number of rotatable bonds is 5. The van der Waals surface area contributed by atoms with Crippen molar-refractivity contribution >= 4 is 5.97 Å². The Labute approximate surface area is 103 Å². The Bertz CT molecular complexity index is 319. The van der Waals surface area contributed by atoms with E-state index in [1.165, 1.54) is 6.92 Å². The van der Waals surface area contributed by atoms with Crippen LogP contribution in [0.25, 0.3) is 0 Å². The van der Waals surface area contributed by atoms with Crippen LogP contribution >= 0.6 is 0 Å². The van der Waals surface area contributed by atoms with E-state index in [0.29, 0.717) is 6.42 Å². The van der Waals surface area contributed by atoms with E-state index >= 15 is 0 Å². The standard InChI is InChI=1S/C14H22O3/c1-4-10-14(5-2,17-11(3)15)12-8-6-7-9-13(12)16/h6-9,12-13,16H,4-5,10H2,1-3H3. The minimum Gasteiger partial charge on any atom is -0.459 e. The summed E-state index contributed by atoms with van der Waals surface area (Å²) in [5.41, 5.74) is -0.582. The van der Waals surface area contributed by atoms with Crippen molar-refractivity contribution in [2.75, 3.05) is 0 Å². The van der Waals surface area contributed by atoms with Crippen molar-refractivity contribution in [2.24, 2.45) is 5.92 Å². The molecular formula is C14H22O3. The first-order chi connectivity index (χ1) is 8.05. The van der Waals surface area contributed by atoms with Crippen LogP contribution in [0.3, 0.4) is 0 Å². The van der Waals surface area contributed by atoms with Gasteiger partial charge in [-0.15, -0.1) is 0 Å². The Morgan fingerprint density at radius 3 is 2.47 bits per heavy atom. The number of allylic oxidation sites excluding steroid dienone is 2. The number of carbonyl (C=O) groups excluding carboxylic acids is 1. The van der Waals surface area contributed by atoms with Crippen LogP contribution in [0.2, 0.25) is 0 Å². The third-order valence-corrected chi connectivity index (χ3v) is 3.33. The second-order valence-electron chi connectivity index (χ2n) is 4.55. The van der Waals surface area contributed by atoms with Crippen LogP contribution in [0.4, 0.5) is 0 Å². The number of ether oxygens (including phenoxy) is 1. The van der Waals surface area contributed by atoms with Crippen LogP contribution in [-0.2, 0) is 9.53 Å². The Morgan fingerprint density at radius 2 is 2.00 bits per heavy atom. The molecule has 3 unspecified atom stereocenters. The number of aliphatic hydroxyl groups excluding tert-OH is 1. The lowest BCUT2D eigenvalue weighted by molar-refractivity contribution is -0.166. The van der Waals surface area contributed by atoms with Gasteiger partial charge >= 0.3 is 5.97 Å². The van der Waals surface area contributed by atoms with Crippen LogP contribution in [0.1, 0.15) is 40.0 Å². The molecule has 3 heteroatoms. The lowest BCUT2D eigenvalue weighted by Gasteiger charge is -2.40. The van der Waals surface area contributed by atoms with Gasteiger partial charge in [-0.3, -0.25) is 4.79 Å². The third kappa shape index (κ3) is 3.19. The summed E-state index contributed by atoms with van der Waals surface area (Å²) in [7, 11) is 0. The molecule has 3 atom stereocenters. The van der Waals surface area contributed by atoms with Crippen molar-refractivity contribution in [3.8, 4) is 0 Å². The van der Waals surface area contributed by atoms with Crippen molar-refractivity contribution in [3.05, 3.63) is 24.3 Å². The third-order valence-electron chi connectivity index (χ3n) is 3.33. The number of carbonyl (C=O) groups is 1. The van der Waals surface area contributed by atoms with E-state index in [9.17, 15) is 9.90 Å². The van der Waals surface area contributed by atoms with Crippen LogP contribution in [-0.4, -0.2) is 22.8 Å². The van der Waals surface area contributed by atoms with Gasteiger partial charge in [0.15, 0.2) is 0 Å². The molecule has 96 valence electrons. The fraction of sp³-hybridized carbons (Fsp3) is 0.643. The normalized spacial score (nSPS) is 26.6. The van der Waals surface area contributed by atoms with Gasteiger partial charge in [-0.25, -0.2) is 0 Å². The second-order valence-corrected chi connectivity index (χ2v) is 4.55. The van der Waals surface area contributed by atoms with Crippen LogP contribution in [0, 0.1) is 5.92 Å². The molecule has 1 rings (SSSR count). The minimum atomic E-state index is -0.582. The summed E-state index contributed by atoms with van der Waals surface area (Å²) in [5, 5.41) is 10.0. The predicted molar refractivity (Wildman–Crippen MR) is 67.5 cm³/mol. The van der Waals surface area contributed by atoms with Crippen LogP contribution in [0.15, 0.2) is 24.3 Å². The molecule has 0 saturated carbocycles. The number of hydrogen-bond donors (Lipinski definition) is 1. The Hall–Kier alpha value is -1.09. The summed E-state index contributed by atoms with van der Waals surface area (Å²) in [6, 6.07) is 0. The highest BCUT2D eigenvalue weighted by Gasteiger charge is 2.41. The summed E-state index contributed by atoms with van der Waals surface area (Å²) in [6.07, 6.45) is 9.22.